The Balaban J connectivity index is 1.35. The van der Waals surface area contributed by atoms with Crippen LogP contribution in [0.15, 0.2) is 24.3 Å². The van der Waals surface area contributed by atoms with Gasteiger partial charge in [0.1, 0.15) is 12.2 Å². The number of carbonyl (C=O) groups excluding carboxylic acids is 1. The second kappa shape index (κ2) is 8.58. The number of rotatable bonds is 6. The van der Waals surface area contributed by atoms with Gasteiger partial charge in [-0.1, -0.05) is 29.3 Å². The summed E-state index contributed by atoms with van der Waals surface area (Å²) in [5.41, 5.74) is 1.39. The van der Waals surface area contributed by atoms with Gasteiger partial charge in [0, 0.05) is 59.9 Å². The average Bonchev–Trinajstić information content (AvgIpc) is 3.45. The molecule has 1 aromatic carbocycles. The van der Waals surface area contributed by atoms with Crippen LogP contribution < -0.4 is 0 Å². The van der Waals surface area contributed by atoms with Crippen LogP contribution in [-0.2, 0) is 17.9 Å². The second-order valence-electron chi connectivity index (χ2n) is 7.58. The Bertz CT molecular complexity index is 872. The second-order valence-corrected chi connectivity index (χ2v) is 8.40. The van der Waals surface area contributed by atoms with Crippen LogP contribution in [0.1, 0.15) is 42.1 Å². The van der Waals surface area contributed by atoms with Gasteiger partial charge >= 0.3 is 0 Å². The van der Waals surface area contributed by atoms with E-state index in [1.165, 1.54) is 10.7 Å². The molecule has 1 aromatic heterocycles. The molecule has 1 amide bonds. The predicted molar refractivity (Wildman–Crippen MR) is 107 cm³/mol. The topological polar surface area (TPSA) is 41.4 Å². The third kappa shape index (κ3) is 4.73. The van der Waals surface area contributed by atoms with Crippen molar-refractivity contribution in [2.45, 2.75) is 38.3 Å². The summed E-state index contributed by atoms with van der Waals surface area (Å²) in [6, 6.07) is 6.89. The zero-order valence-corrected chi connectivity index (χ0v) is 17.3. The number of benzene rings is 1. The Morgan fingerprint density at radius 2 is 1.79 bits per heavy atom. The van der Waals surface area contributed by atoms with Crippen LogP contribution in [0, 0.1) is 0 Å². The lowest BCUT2D eigenvalue weighted by atomic mass is 10.2. The van der Waals surface area contributed by atoms with Crippen LogP contribution in [0.5, 0.6) is 0 Å². The minimum absolute atomic E-state index is 0.00882. The third-order valence-electron chi connectivity index (χ3n) is 5.50. The van der Waals surface area contributed by atoms with Crippen molar-refractivity contribution in [1.82, 2.24) is 19.6 Å². The number of hydrogen-bond donors (Lipinski definition) is 0. The van der Waals surface area contributed by atoms with E-state index >= 15 is 0 Å². The fraction of sp³-hybridized carbons (Fsp3) is 0.500. The lowest BCUT2D eigenvalue weighted by Crippen LogP contribution is -2.49. The van der Waals surface area contributed by atoms with Crippen LogP contribution in [0.25, 0.3) is 0 Å². The number of carbonyl (C=O) groups is 1. The Kier molecular flexibility index (Phi) is 6.08. The van der Waals surface area contributed by atoms with Gasteiger partial charge in [-0.15, -0.1) is 0 Å². The molecular weight excluding hydrogens is 421 g/mol. The number of alkyl halides is 2. The molecule has 2 aromatic rings. The van der Waals surface area contributed by atoms with Crippen LogP contribution in [0.4, 0.5) is 8.78 Å². The largest absolute Gasteiger partial charge is 0.339 e. The van der Waals surface area contributed by atoms with Crippen molar-refractivity contribution in [1.29, 1.82) is 0 Å². The highest BCUT2D eigenvalue weighted by molar-refractivity contribution is 6.35. The number of nitrogens with zero attached hydrogens (tertiary/aromatic N) is 4. The molecule has 29 heavy (non-hydrogen) atoms. The molecule has 156 valence electrons. The van der Waals surface area contributed by atoms with Crippen molar-refractivity contribution < 1.29 is 13.6 Å². The van der Waals surface area contributed by atoms with Crippen molar-refractivity contribution in [2.24, 2.45) is 0 Å². The lowest BCUT2D eigenvalue weighted by molar-refractivity contribution is -0.133. The van der Waals surface area contributed by atoms with E-state index in [1.807, 2.05) is 18.2 Å². The van der Waals surface area contributed by atoms with E-state index in [2.05, 4.69) is 10.00 Å². The number of piperazine rings is 1. The third-order valence-corrected chi connectivity index (χ3v) is 6.21. The molecule has 1 aliphatic heterocycles. The van der Waals surface area contributed by atoms with E-state index in [1.54, 1.807) is 4.90 Å². The summed E-state index contributed by atoms with van der Waals surface area (Å²) in [4.78, 5) is 16.7. The van der Waals surface area contributed by atoms with Crippen molar-refractivity contribution in [2.75, 3.05) is 26.2 Å². The first-order valence-electron chi connectivity index (χ1n) is 9.71. The first-order valence-corrected chi connectivity index (χ1v) is 10.5. The Morgan fingerprint density at radius 1 is 1.14 bits per heavy atom. The molecule has 0 N–H and O–H groups in total. The quantitative estimate of drug-likeness (QED) is 0.667. The van der Waals surface area contributed by atoms with Gasteiger partial charge in [-0.2, -0.15) is 5.10 Å². The highest BCUT2D eigenvalue weighted by Gasteiger charge is 2.31. The van der Waals surface area contributed by atoms with Gasteiger partial charge in [0.25, 0.3) is 6.43 Å². The van der Waals surface area contributed by atoms with Crippen molar-refractivity contribution in [3.05, 3.63) is 51.3 Å². The van der Waals surface area contributed by atoms with Crippen LogP contribution >= 0.6 is 23.2 Å². The molecule has 2 fully saturated rings. The summed E-state index contributed by atoms with van der Waals surface area (Å²) < 4.78 is 27.5. The van der Waals surface area contributed by atoms with Gasteiger partial charge in [0.2, 0.25) is 5.91 Å². The molecule has 4 rings (SSSR count). The molecule has 5 nitrogen and oxygen atoms in total. The number of hydrogen-bond acceptors (Lipinski definition) is 3. The molecule has 0 bridgehead atoms. The van der Waals surface area contributed by atoms with E-state index < -0.39 is 6.43 Å². The molecule has 1 aliphatic carbocycles. The maximum Gasteiger partial charge on any atom is 0.282 e. The highest BCUT2D eigenvalue weighted by Crippen LogP contribution is 2.41. The zero-order chi connectivity index (χ0) is 20.5. The van der Waals surface area contributed by atoms with Gasteiger partial charge in [-0.3, -0.25) is 14.4 Å². The number of amides is 1. The molecule has 9 heteroatoms. The average molecular weight is 443 g/mol. The SMILES string of the molecule is O=C(Cn1nc(C(F)F)cc1C1CC1)N1CCN(Cc2c(Cl)cccc2Cl)CC1. The fourth-order valence-corrected chi connectivity index (χ4v) is 4.20. The van der Waals surface area contributed by atoms with Gasteiger partial charge in [0.15, 0.2) is 0 Å². The Hall–Kier alpha value is -1.70. The van der Waals surface area contributed by atoms with E-state index in [-0.39, 0.29) is 24.1 Å². The summed E-state index contributed by atoms with van der Waals surface area (Å²) in [5.74, 6) is 0.159. The summed E-state index contributed by atoms with van der Waals surface area (Å²) >= 11 is 12.5. The molecule has 0 radical (unpaired) electrons. The minimum Gasteiger partial charge on any atom is -0.339 e. The van der Waals surface area contributed by atoms with Gasteiger partial charge in [0.05, 0.1) is 0 Å². The molecule has 0 spiro atoms. The van der Waals surface area contributed by atoms with Crippen molar-refractivity contribution >= 4 is 29.1 Å². The predicted octanol–water partition coefficient (Wildman–Crippen LogP) is 4.35. The maximum atomic E-state index is 13.0. The Morgan fingerprint density at radius 3 is 2.38 bits per heavy atom. The summed E-state index contributed by atoms with van der Waals surface area (Å²) in [5, 5.41) is 5.25. The van der Waals surface area contributed by atoms with Crippen LogP contribution in [-0.4, -0.2) is 51.7 Å². The first-order chi connectivity index (χ1) is 13.9. The molecule has 1 saturated heterocycles. The van der Waals surface area contributed by atoms with Crippen LogP contribution in [0.3, 0.4) is 0 Å². The molecule has 2 heterocycles. The maximum absolute atomic E-state index is 13.0. The van der Waals surface area contributed by atoms with Gasteiger partial charge in [-0.25, -0.2) is 8.78 Å². The standard InChI is InChI=1S/C20H22Cl2F2N4O/c21-15-2-1-3-16(22)14(15)11-26-6-8-27(9-7-26)19(29)12-28-18(13-4-5-13)10-17(25-28)20(23)24/h1-3,10,13,20H,4-9,11-12H2. The molecule has 0 unspecified atom stereocenters. The van der Waals surface area contributed by atoms with E-state index in [9.17, 15) is 13.6 Å². The van der Waals surface area contributed by atoms with E-state index in [4.69, 9.17) is 23.2 Å². The Labute approximate surface area is 178 Å². The summed E-state index contributed by atoms with van der Waals surface area (Å²) in [6.07, 6.45) is -0.693. The zero-order valence-electron chi connectivity index (χ0n) is 15.8. The summed E-state index contributed by atoms with van der Waals surface area (Å²) in [6.45, 7) is 3.18. The number of aromatic nitrogens is 2. The molecule has 0 atom stereocenters. The summed E-state index contributed by atoms with van der Waals surface area (Å²) in [7, 11) is 0. The molecule has 1 saturated carbocycles. The first kappa shape index (κ1) is 20.6. The van der Waals surface area contributed by atoms with E-state index in [0.717, 1.165) is 24.1 Å². The van der Waals surface area contributed by atoms with Crippen LogP contribution in [0.2, 0.25) is 10.0 Å². The monoisotopic (exact) mass is 442 g/mol. The molecule has 2 aliphatic rings. The fourth-order valence-electron chi connectivity index (χ4n) is 3.68. The minimum atomic E-state index is -2.62. The lowest BCUT2D eigenvalue weighted by Gasteiger charge is -2.35. The highest BCUT2D eigenvalue weighted by atomic mass is 35.5. The smallest absolute Gasteiger partial charge is 0.282 e. The number of halogens is 4. The van der Waals surface area contributed by atoms with Gasteiger partial charge < -0.3 is 4.90 Å². The van der Waals surface area contributed by atoms with Gasteiger partial charge in [-0.05, 0) is 31.0 Å². The molecular formula is C20H22Cl2F2N4O. The van der Waals surface area contributed by atoms with E-state index in [0.29, 0.717) is 42.8 Å². The normalized spacial score (nSPS) is 17.9. The van der Waals surface area contributed by atoms with Crippen molar-refractivity contribution in [3.8, 4) is 0 Å². The van der Waals surface area contributed by atoms with Crippen molar-refractivity contribution in [3.63, 3.8) is 0 Å².